The Morgan fingerprint density at radius 3 is 2.61 bits per heavy atom. The lowest BCUT2D eigenvalue weighted by Crippen LogP contribution is -2.50. The summed E-state index contributed by atoms with van der Waals surface area (Å²) in [6, 6.07) is 9.99. The van der Waals surface area contributed by atoms with Crippen LogP contribution in [0.3, 0.4) is 0 Å². The molecule has 5 nitrogen and oxygen atoms in total. The van der Waals surface area contributed by atoms with Gasteiger partial charge in [0.05, 0.1) is 11.6 Å². The minimum Gasteiger partial charge on any atom is -0.369 e. The van der Waals surface area contributed by atoms with Crippen LogP contribution in [0.15, 0.2) is 40.6 Å². The van der Waals surface area contributed by atoms with E-state index in [0.717, 1.165) is 59.1 Å². The highest BCUT2D eigenvalue weighted by molar-refractivity contribution is 8.18. The van der Waals surface area contributed by atoms with E-state index in [2.05, 4.69) is 15.9 Å². The number of piperazine rings is 1. The second-order valence-electron chi connectivity index (χ2n) is 6.81. The smallest absolute Gasteiger partial charge is 0.294 e. The number of benzene rings is 1. The molecule has 2 amide bonds. The van der Waals surface area contributed by atoms with E-state index < -0.39 is 0 Å². The van der Waals surface area contributed by atoms with Gasteiger partial charge in [-0.25, -0.2) is 0 Å². The highest BCUT2D eigenvalue weighted by Crippen LogP contribution is 2.33. The van der Waals surface area contributed by atoms with E-state index in [0.29, 0.717) is 11.6 Å². The Kier molecular flexibility index (Phi) is 5.78. The second-order valence-corrected chi connectivity index (χ2v) is 9.18. The molecule has 0 atom stereocenters. The van der Waals surface area contributed by atoms with Crippen LogP contribution >= 0.6 is 34.7 Å². The van der Waals surface area contributed by atoms with E-state index in [-0.39, 0.29) is 11.1 Å². The number of thiophene rings is 1. The Morgan fingerprint density at radius 2 is 1.93 bits per heavy atom. The number of thioether (sulfide) groups is 1. The van der Waals surface area contributed by atoms with Crippen LogP contribution in [0.1, 0.15) is 10.4 Å². The van der Waals surface area contributed by atoms with Crippen molar-refractivity contribution in [2.24, 2.45) is 0 Å². The number of halogens is 1. The van der Waals surface area contributed by atoms with Gasteiger partial charge in [-0.05, 0) is 53.9 Å². The summed E-state index contributed by atoms with van der Waals surface area (Å²) >= 11 is 8.82. The first kappa shape index (κ1) is 19.5. The average molecular weight is 434 g/mol. The third-order valence-corrected chi connectivity index (χ3v) is 7.06. The van der Waals surface area contributed by atoms with E-state index in [1.165, 1.54) is 4.90 Å². The quantitative estimate of drug-likeness (QED) is 0.663. The molecule has 28 heavy (non-hydrogen) atoms. The Bertz CT molecular complexity index is 922. The molecule has 8 heteroatoms. The van der Waals surface area contributed by atoms with Crippen molar-refractivity contribution in [3.8, 4) is 0 Å². The van der Waals surface area contributed by atoms with Gasteiger partial charge < -0.3 is 4.90 Å². The summed E-state index contributed by atoms with van der Waals surface area (Å²) in [7, 11) is 0. The van der Waals surface area contributed by atoms with E-state index in [1.54, 1.807) is 17.4 Å². The first-order valence-electron chi connectivity index (χ1n) is 9.03. The number of carbonyl (C=O) groups is 2. The SMILES string of the molecule is Cc1ccc(N2CCN(CN3C(=O)SC(=Cc4cccs4)C3=O)CC2)cc1Cl. The summed E-state index contributed by atoms with van der Waals surface area (Å²) in [6.45, 7) is 5.58. The predicted molar refractivity (Wildman–Crippen MR) is 117 cm³/mol. The number of hydrogen-bond acceptors (Lipinski definition) is 6. The van der Waals surface area contributed by atoms with Gasteiger partial charge >= 0.3 is 0 Å². The molecule has 1 aromatic carbocycles. The third kappa shape index (κ3) is 4.12. The van der Waals surface area contributed by atoms with Gasteiger partial charge in [-0.2, -0.15) is 0 Å². The molecule has 4 rings (SSSR count). The molecule has 0 aliphatic carbocycles. The van der Waals surface area contributed by atoms with Gasteiger partial charge in [0, 0.05) is 41.8 Å². The summed E-state index contributed by atoms with van der Waals surface area (Å²) in [4.78, 5) is 32.2. The highest BCUT2D eigenvalue weighted by Gasteiger charge is 2.36. The summed E-state index contributed by atoms with van der Waals surface area (Å²) in [5.74, 6) is -0.198. The molecule has 1 aromatic heterocycles. The van der Waals surface area contributed by atoms with Crippen molar-refractivity contribution >= 4 is 57.6 Å². The maximum absolute atomic E-state index is 12.6. The van der Waals surface area contributed by atoms with E-state index in [9.17, 15) is 9.59 Å². The van der Waals surface area contributed by atoms with Crippen LogP contribution in [0.4, 0.5) is 10.5 Å². The molecule has 146 valence electrons. The van der Waals surface area contributed by atoms with E-state index >= 15 is 0 Å². The number of hydrogen-bond donors (Lipinski definition) is 0. The molecule has 2 fully saturated rings. The zero-order valence-corrected chi connectivity index (χ0v) is 17.8. The average Bonchev–Trinajstić information content (AvgIpc) is 3.29. The van der Waals surface area contributed by atoms with Crippen molar-refractivity contribution in [2.45, 2.75) is 6.92 Å². The molecule has 0 spiro atoms. The summed E-state index contributed by atoms with van der Waals surface area (Å²) < 4.78 is 0. The van der Waals surface area contributed by atoms with Crippen molar-refractivity contribution < 1.29 is 9.59 Å². The van der Waals surface area contributed by atoms with Gasteiger partial charge in [-0.3, -0.25) is 19.4 Å². The van der Waals surface area contributed by atoms with Crippen molar-refractivity contribution in [3.63, 3.8) is 0 Å². The van der Waals surface area contributed by atoms with Crippen molar-refractivity contribution in [1.82, 2.24) is 9.80 Å². The van der Waals surface area contributed by atoms with Gasteiger partial charge in [0.1, 0.15) is 0 Å². The van der Waals surface area contributed by atoms with Crippen molar-refractivity contribution in [3.05, 3.63) is 56.1 Å². The number of carbonyl (C=O) groups excluding carboxylic acids is 2. The maximum atomic E-state index is 12.6. The monoisotopic (exact) mass is 433 g/mol. The van der Waals surface area contributed by atoms with Gasteiger partial charge in [-0.1, -0.05) is 23.7 Å². The molecule has 3 heterocycles. The standard InChI is InChI=1S/C20H20ClN3O2S2/c1-14-4-5-15(11-17(14)21)23-8-6-22(7-9-23)13-24-19(25)18(28-20(24)26)12-16-3-2-10-27-16/h2-5,10-12H,6-9,13H2,1H3. The Hall–Kier alpha value is -1.80. The summed E-state index contributed by atoms with van der Waals surface area (Å²) in [6.07, 6.45) is 1.80. The fourth-order valence-electron chi connectivity index (χ4n) is 3.25. The molecular weight excluding hydrogens is 414 g/mol. The largest absolute Gasteiger partial charge is 0.369 e. The lowest BCUT2D eigenvalue weighted by Gasteiger charge is -2.37. The number of imide groups is 1. The first-order chi connectivity index (χ1) is 13.5. The van der Waals surface area contributed by atoms with Gasteiger partial charge in [0.2, 0.25) is 0 Å². The Balaban J connectivity index is 1.36. The van der Waals surface area contributed by atoms with Crippen molar-refractivity contribution in [2.75, 3.05) is 37.7 Å². The molecule has 0 unspecified atom stereocenters. The summed E-state index contributed by atoms with van der Waals surface area (Å²) in [5.41, 5.74) is 2.18. The van der Waals surface area contributed by atoms with Crippen LogP contribution in [-0.4, -0.2) is 53.8 Å². The number of anilines is 1. The number of rotatable bonds is 4. The first-order valence-corrected chi connectivity index (χ1v) is 11.1. The van der Waals surface area contributed by atoms with Crippen molar-refractivity contribution in [1.29, 1.82) is 0 Å². The Morgan fingerprint density at radius 1 is 1.14 bits per heavy atom. The topological polar surface area (TPSA) is 43.9 Å². The second kappa shape index (κ2) is 8.29. The fourth-order valence-corrected chi connectivity index (χ4v) is 4.98. The molecule has 0 bridgehead atoms. The molecule has 2 aliphatic rings. The minimum absolute atomic E-state index is 0.194. The van der Waals surface area contributed by atoms with Crippen LogP contribution in [-0.2, 0) is 4.79 Å². The molecule has 0 saturated carbocycles. The van der Waals surface area contributed by atoms with Crippen LogP contribution < -0.4 is 4.90 Å². The zero-order chi connectivity index (χ0) is 19.7. The van der Waals surface area contributed by atoms with Crippen LogP contribution in [0.5, 0.6) is 0 Å². The van der Waals surface area contributed by atoms with Crippen LogP contribution in [0, 0.1) is 6.92 Å². The normalized spacial score (nSPS) is 19.9. The van der Waals surface area contributed by atoms with Gasteiger partial charge in [0.15, 0.2) is 0 Å². The number of amides is 2. The van der Waals surface area contributed by atoms with Crippen LogP contribution in [0.2, 0.25) is 5.02 Å². The minimum atomic E-state index is -0.198. The van der Waals surface area contributed by atoms with Gasteiger partial charge in [0.25, 0.3) is 11.1 Å². The molecule has 2 aliphatic heterocycles. The van der Waals surface area contributed by atoms with Gasteiger partial charge in [-0.15, -0.1) is 11.3 Å². The zero-order valence-electron chi connectivity index (χ0n) is 15.4. The number of aryl methyl sites for hydroxylation is 1. The molecule has 0 radical (unpaired) electrons. The predicted octanol–water partition coefficient (Wildman–Crippen LogP) is 4.53. The van der Waals surface area contributed by atoms with Crippen LogP contribution in [0.25, 0.3) is 6.08 Å². The summed E-state index contributed by atoms with van der Waals surface area (Å²) in [5, 5.41) is 2.53. The molecule has 0 N–H and O–H groups in total. The lowest BCUT2D eigenvalue weighted by molar-refractivity contribution is -0.124. The molecule has 2 aromatic rings. The fraction of sp³-hybridized carbons (Fsp3) is 0.300. The number of nitrogens with zero attached hydrogens (tertiary/aromatic N) is 3. The highest BCUT2D eigenvalue weighted by atomic mass is 35.5. The van der Waals surface area contributed by atoms with E-state index in [4.69, 9.17) is 11.6 Å². The molecular formula is C20H20ClN3O2S2. The molecule has 2 saturated heterocycles. The third-order valence-electron chi connectivity index (χ3n) is 4.92. The Labute approximate surface area is 177 Å². The lowest BCUT2D eigenvalue weighted by atomic mass is 10.2. The van der Waals surface area contributed by atoms with E-state index in [1.807, 2.05) is 36.6 Å². The maximum Gasteiger partial charge on any atom is 0.294 e.